The van der Waals surface area contributed by atoms with Crippen LogP contribution in [-0.2, 0) is 0 Å². The van der Waals surface area contributed by atoms with E-state index in [1.165, 1.54) is 129 Å². The first kappa shape index (κ1) is 34.5. The van der Waals surface area contributed by atoms with Gasteiger partial charge in [0.15, 0.2) is 0 Å². The van der Waals surface area contributed by atoms with Gasteiger partial charge in [-0.25, -0.2) is 9.97 Å². The van der Waals surface area contributed by atoms with Crippen LogP contribution in [-0.4, -0.2) is 9.97 Å². The SMILES string of the molecule is CC(C)c1cccc(C(C)C)c1-c1nc2cc3cc4c5c(c(-c6c(C(C)C)cccc6C(C)C)nc4cc3cc2c2c1C1CCC2CC1)C1CCC5CC1. The molecule has 0 aliphatic heterocycles. The lowest BCUT2D eigenvalue weighted by Gasteiger charge is -2.41. The molecule has 4 bridgehead atoms. The van der Waals surface area contributed by atoms with Crippen LogP contribution < -0.4 is 0 Å². The molecule has 0 amide bonds. The maximum atomic E-state index is 5.81. The van der Waals surface area contributed by atoms with Gasteiger partial charge in [-0.15, -0.1) is 0 Å². The molecule has 54 heavy (non-hydrogen) atoms. The fourth-order valence-corrected chi connectivity index (χ4v) is 11.9. The van der Waals surface area contributed by atoms with E-state index >= 15 is 0 Å². The Bertz CT molecular complexity index is 2250. The predicted molar refractivity (Wildman–Crippen MR) is 230 cm³/mol. The summed E-state index contributed by atoms with van der Waals surface area (Å²) in [5, 5.41) is 5.43. The van der Waals surface area contributed by atoms with Crippen LogP contribution in [0.5, 0.6) is 0 Å². The summed E-state index contributed by atoms with van der Waals surface area (Å²) in [6.07, 6.45) is 10.4. The molecule has 276 valence electrons. The van der Waals surface area contributed by atoms with Crippen molar-refractivity contribution < 1.29 is 0 Å². The number of nitrogens with zero attached hydrogens (tertiary/aromatic N) is 2. The quantitative estimate of drug-likeness (QED) is 0.161. The third kappa shape index (κ3) is 5.10. The van der Waals surface area contributed by atoms with E-state index in [-0.39, 0.29) is 0 Å². The first-order valence-corrected chi connectivity index (χ1v) is 21.6. The van der Waals surface area contributed by atoms with E-state index in [0.29, 0.717) is 47.3 Å². The number of fused-ring (bicyclic) bond motifs is 7. The van der Waals surface area contributed by atoms with Gasteiger partial charge in [-0.1, -0.05) is 91.8 Å². The van der Waals surface area contributed by atoms with E-state index in [9.17, 15) is 0 Å². The fraction of sp³-hybridized carbons (Fsp3) is 0.462. The lowest BCUT2D eigenvalue weighted by molar-refractivity contribution is 0.361. The van der Waals surface area contributed by atoms with Crippen LogP contribution in [0.15, 0.2) is 60.7 Å². The summed E-state index contributed by atoms with van der Waals surface area (Å²) in [4.78, 5) is 11.6. The van der Waals surface area contributed by atoms with Crippen molar-refractivity contribution in [1.82, 2.24) is 9.97 Å². The van der Waals surface area contributed by atoms with Crippen LogP contribution in [0.3, 0.4) is 0 Å². The molecular weight excluding hydrogens is 653 g/mol. The van der Waals surface area contributed by atoms with E-state index in [1.54, 1.807) is 22.3 Å². The summed E-state index contributed by atoms with van der Waals surface area (Å²) in [6.45, 7) is 18.9. The average Bonchev–Trinajstić information content (AvgIpc) is 3.18. The van der Waals surface area contributed by atoms with Gasteiger partial charge in [0.1, 0.15) is 0 Å². The van der Waals surface area contributed by atoms with E-state index < -0.39 is 0 Å². The van der Waals surface area contributed by atoms with Crippen molar-refractivity contribution in [2.24, 2.45) is 0 Å². The van der Waals surface area contributed by atoms with E-state index in [4.69, 9.17) is 9.97 Å². The van der Waals surface area contributed by atoms with Crippen LogP contribution in [0, 0.1) is 0 Å². The van der Waals surface area contributed by atoms with Gasteiger partial charge in [-0.05, 0) is 178 Å². The number of pyridine rings is 2. The average molecular weight is 711 g/mol. The zero-order chi connectivity index (χ0) is 37.2. The zero-order valence-corrected chi connectivity index (χ0v) is 33.9. The van der Waals surface area contributed by atoms with Crippen LogP contribution in [0.2, 0.25) is 0 Å². The Morgan fingerprint density at radius 1 is 0.407 bits per heavy atom. The van der Waals surface area contributed by atoms with E-state index in [0.717, 1.165) is 0 Å². The van der Waals surface area contributed by atoms with Crippen LogP contribution in [0.25, 0.3) is 55.1 Å². The molecule has 2 aromatic heterocycles. The molecule has 2 nitrogen and oxygen atoms in total. The Kier molecular flexibility index (Phi) is 8.14. The van der Waals surface area contributed by atoms with Crippen LogP contribution in [0.4, 0.5) is 0 Å². The molecule has 0 radical (unpaired) electrons. The van der Waals surface area contributed by atoms with Crippen molar-refractivity contribution in [2.75, 3.05) is 0 Å². The molecule has 0 unspecified atom stereocenters. The van der Waals surface area contributed by atoms with Crippen molar-refractivity contribution in [2.45, 2.75) is 154 Å². The van der Waals surface area contributed by atoms with Gasteiger partial charge in [-0.2, -0.15) is 0 Å². The number of hydrogen-bond acceptors (Lipinski definition) is 2. The molecule has 4 aromatic carbocycles. The number of rotatable bonds is 6. The number of hydrogen-bond donors (Lipinski definition) is 0. The van der Waals surface area contributed by atoms with Gasteiger partial charge in [0.25, 0.3) is 0 Å². The van der Waals surface area contributed by atoms with Crippen molar-refractivity contribution in [1.29, 1.82) is 0 Å². The van der Waals surface area contributed by atoms with Crippen molar-refractivity contribution in [3.63, 3.8) is 0 Å². The topological polar surface area (TPSA) is 25.8 Å². The third-order valence-electron chi connectivity index (χ3n) is 14.5. The highest BCUT2D eigenvalue weighted by atomic mass is 14.7. The van der Waals surface area contributed by atoms with Crippen LogP contribution in [0.1, 0.15) is 199 Å². The highest BCUT2D eigenvalue weighted by Gasteiger charge is 2.40. The Labute approximate surface area is 323 Å². The second-order valence-electron chi connectivity index (χ2n) is 19.0. The summed E-state index contributed by atoms with van der Waals surface area (Å²) in [5.41, 5.74) is 20.0. The van der Waals surface area contributed by atoms with Crippen molar-refractivity contribution >= 4 is 32.6 Å². The molecular formula is C52H58N2. The lowest BCUT2D eigenvalue weighted by Crippen LogP contribution is -2.24. The second kappa shape index (κ2) is 12.8. The highest BCUT2D eigenvalue weighted by molar-refractivity contribution is 6.06. The Hall–Kier alpha value is -4.04. The lowest BCUT2D eigenvalue weighted by atomic mass is 9.64. The summed E-state index contributed by atoms with van der Waals surface area (Å²) in [7, 11) is 0. The van der Waals surface area contributed by atoms with Gasteiger partial charge < -0.3 is 0 Å². The summed E-state index contributed by atoms with van der Waals surface area (Å²) in [5.74, 6) is 4.22. The minimum absolute atomic E-state index is 0.443. The Balaban J connectivity index is 1.28. The molecule has 6 aliphatic rings. The van der Waals surface area contributed by atoms with Gasteiger partial charge in [0.2, 0.25) is 0 Å². The molecule has 2 fully saturated rings. The van der Waals surface area contributed by atoms with Crippen LogP contribution >= 0.6 is 0 Å². The molecule has 0 N–H and O–H groups in total. The second-order valence-corrected chi connectivity index (χ2v) is 19.0. The van der Waals surface area contributed by atoms with E-state index in [1.807, 2.05) is 0 Å². The molecule has 6 aliphatic carbocycles. The Morgan fingerprint density at radius 3 is 1.00 bits per heavy atom. The van der Waals surface area contributed by atoms with Gasteiger partial charge >= 0.3 is 0 Å². The smallest absolute Gasteiger partial charge is 0.0753 e. The maximum Gasteiger partial charge on any atom is 0.0753 e. The first-order valence-electron chi connectivity index (χ1n) is 21.6. The number of benzene rings is 4. The zero-order valence-electron chi connectivity index (χ0n) is 33.9. The van der Waals surface area contributed by atoms with Crippen molar-refractivity contribution in [3.8, 4) is 22.5 Å². The third-order valence-corrected chi connectivity index (χ3v) is 14.5. The van der Waals surface area contributed by atoms with Gasteiger partial charge in [-0.3, -0.25) is 0 Å². The molecule has 2 heteroatoms. The van der Waals surface area contributed by atoms with E-state index in [2.05, 4.69) is 116 Å². The maximum absolute atomic E-state index is 5.81. The summed E-state index contributed by atoms with van der Waals surface area (Å²) >= 11 is 0. The largest absolute Gasteiger partial charge is 0.247 e. The molecule has 12 rings (SSSR count). The number of aromatic nitrogens is 2. The molecule has 2 saturated carbocycles. The highest BCUT2D eigenvalue weighted by Crippen LogP contribution is 2.57. The molecule has 0 spiro atoms. The minimum atomic E-state index is 0.443. The summed E-state index contributed by atoms with van der Waals surface area (Å²) in [6, 6.07) is 24.1. The standard InChI is InChI=1S/C52H58N2/c1-27(2)37-11-9-12-38(28(3)4)49(37)51-47-33-19-15-31(16-20-33)45(47)41-23-36-26-44-42(24-35(36)25-43(41)53-51)46-32-17-21-34(22-18-32)48(46)52(54-44)50-39(29(5)6)13-10-14-40(50)30(7)8/h9-14,23-34H,15-22H2,1-8H3. The van der Waals surface area contributed by atoms with Gasteiger partial charge in [0, 0.05) is 21.9 Å². The fourth-order valence-electron chi connectivity index (χ4n) is 11.9. The molecule has 0 saturated heterocycles. The first-order chi connectivity index (χ1) is 26.1. The van der Waals surface area contributed by atoms with Gasteiger partial charge in [0.05, 0.1) is 22.4 Å². The molecule has 6 aromatic rings. The monoisotopic (exact) mass is 710 g/mol. The minimum Gasteiger partial charge on any atom is -0.247 e. The summed E-state index contributed by atoms with van der Waals surface area (Å²) < 4.78 is 0. The molecule has 0 atom stereocenters. The van der Waals surface area contributed by atoms with Crippen molar-refractivity contribution in [3.05, 3.63) is 105 Å². The predicted octanol–water partition coefficient (Wildman–Crippen LogP) is 15.3. The Morgan fingerprint density at radius 2 is 0.704 bits per heavy atom. The molecule has 2 heterocycles. The normalized spacial score (nSPS) is 21.8.